The second-order valence-electron chi connectivity index (χ2n) is 5.93. The van der Waals surface area contributed by atoms with Gasteiger partial charge < -0.3 is 9.64 Å². The predicted octanol–water partition coefficient (Wildman–Crippen LogP) is 1.45. The zero-order chi connectivity index (χ0) is 18.9. The van der Waals surface area contributed by atoms with E-state index in [1.54, 1.807) is 4.90 Å². The van der Waals surface area contributed by atoms with Crippen LogP contribution in [0.4, 0.5) is 19.0 Å². The zero-order valence-corrected chi connectivity index (χ0v) is 15.3. The number of nitrogens with zero attached hydrogens (tertiary/aromatic N) is 4. The van der Waals surface area contributed by atoms with Crippen molar-refractivity contribution in [2.45, 2.75) is 6.18 Å². The Morgan fingerprint density at radius 3 is 2.15 bits per heavy atom. The summed E-state index contributed by atoms with van der Waals surface area (Å²) >= 11 is 5.96. The van der Waals surface area contributed by atoms with Crippen molar-refractivity contribution in [3.63, 3.8) is 0 Å². The second kappa shape index (κ2) is 7.47. The predicted molar refractivity (Wildman–Crippen MR) is 89.3 cm³/mol. The number of aromatic nitrogens is 1. The Hall–Kier alpha value is -1.14. The van der Waals surface area contributed by atoms with E-state index < -0.39 is 21.9 Å². The summed E-state index contributed by atoms with van der Waals surface area (Å²) in [6.07, 6.45) is -3.78. The van der Waals surface area contributed by atoms with Gasteiger partial charge in [-0.1, -0.05) is 11.6 Å². The molecular formula is C14H18ClF3N4O3S. The molecule has 0 spiro atoms. The summed E-state index contributed by atoms with van der Waals surface area (Å²) in [5.74, 6) is 0.225. The number of halogens is 4. The van der Waals surface area contributed by atoms with Crippen LogP contribution in [0.2, 0.25) is 5.02 Å². The van der Waals surface area contributed by atoms with Crippen molar-refractivity contribution in [2.24, 2.45) is 0 Å². The number of hydrogen-bond donors (Lipinski definition) is 0. The van der Waals surface area contributed by atoms with Crippen LogP contribution in [0.25, 0.3) is 0 Å². The van der Waals surface area contributed by atoms with E-state index in [-0.39, 0.29) is 23.9 Å². The topological polar surface area (TPSA) is 66.0 Å². The lowest BCUT2D eigenvalue weighted by atomic mass is 10.2. The summed E-state index contributed by atoms with van der Waals surface area (Å²) in [5.41, 5.74) is -0.917. The van der Waals surface area contributed by atoms with Crippen LogP contribution >= 0.6 is 11.6 Å². The van der Waals surface area contributed by atoms with Crippen molar-refractivity contribution in [1.29, 1.82) is 0 Å². The third-order valence-electron chi connectivity index (χ3n) is 4.31. The lowest BCUT2D eigenvalue weighted by Gasteiger charge is -2.38. The van der Waals surface area contributed by atoms with Crippen LogP contribution in [0.1, 0.15) is 5.56 Å². The van der Waals surface area contributed by atoms with Gasteiger partial charge >= 0.3 is 6.18 Å². The van der Waals surface area contributed by atoms with Gasteiger partial charge in [-0.05, 0) is 6.07 Å². The van der Waals surface area contributed by atoms with E-state index in [4.69, 9.17) is 16.3 Å². The van der Waals surface area contributed by atoms with Gasteiger partial charge in [-0.25, -0.2) is 4.98 Å². The van der Waals surface area contributed by atoms with Gasteiger partial charge in [0, 0.05) is 45.5 Å². The van der Waals surface area contributed by atoms with Gasteiger partial charge in [0.15, 0.2) is 0 Å². The van der Waals surface area contributed by atoms with Gasteiger partial charge in [0.1, 0.15) is 5.82 Å². The van der Waals surface area contributed by atoms with E-state index in [9.17, 15) is 21.6 Å². The van der Waals surface area contributed by atoms with E-state index in [1.165, 1.54) is 8.61 Å². The molecule has 0 saturated carbocycles. The fourth-order valence-corrected chi connectivity index (χ4v) is 4.74. The Balaban J connectivity index is 1.67. The van der Waals surface area contributed by atoms with E-state index in [0.717, 1.165) is 12.3 Å². The first-order valence-electron chi connectivity index (χ1n) is 8.00. The van der Waals surface area contributed by atoms with Crippen LogP contribution in [-0.4, -0.2) is 74.5 Å². The SMILES string of the molecule is O=S(=O)(N1CCOCC1)N1CCN(c2ncc(C(F)(F)F)cc2Cl)CC1. The number of ether oxygens (including phenoxy) is 1. The molecule has 7 nitrogen and oxygen atoms in total. The minimum absolute atomic E-state index is 0.107. The molecule has 3 heterocycles. The Morgan fingerprint density at radius 2 is 1.62 bits per heavy atom. The maximum Gasteiger partial charge on any atom is 0.417 e. The van der Waals surface area contributed by atoms with Gasteiger partial charge in [0.2, 0.25) is 0 Å². The highest BCUT2D eigenvalue weighted by atomic mass is 35.5. The Labute approximate surface area is 154 Å². The molecule has 0 N–H and O–H groups in total. The summed E-state index contributed by atoms with van der Waals surface area (Å²) < 4.78 is 71.3. The monoisotopic (exact) mass is 414 g/mol. The van der Waals surface area contributed by atoms with Gasteiger partial charge in [0.05, 0.1) is 23.8 Å². The minimum Gasteiger partial charge on any atom is -0.379 e. The molecule has 0 amide bonds. The molecular weight excluding hydrogens is 397 g/mol. The van der Waals surface area contributed by atoms with Crippen molar-refractivity contribution in [3.8, 4) is 0 Å². The number of alkyl halides is 3. The largest absolute Gasteiger partial charge is 0.417 e. The third-order valence-corrected chi connectivity index (χ3v) is 6.62. The molecule has 12 heteroatoms. The molecule has 0 aliphatic carbocycles. The number of rotatable bonds is 3. The van der Waals surface area contributed by atoms with Crippen LogP contribution in [0.15, 0.2) is 12.3 Å². The highest BCUT2D eigenvalue weighted by Gasteiger charge is 2.35. The van der Waals surface area contributed by atoms with E-state index in [0.29, 0.717) is 39.4 Å². The molecule has 1 aromatic heterocycles. The van der Waals surface area contributed by atoms with Gasteiger partial charge in [0.25, 0.3) is 10.2 Å². The summed E-state index contributed by atoms with van der Waals surface area (Å²) in [6, 6.07) is 0.834. The molecule has 0 bridgehead atoms. The fourth-order valence-electron chi connectivity index (χ4n) is 2.89. The average molecular weight is 415 g/mol. The molecule has 0 radical (unpaired) electrons. The molecule has 26 heavy (non-hydrogen) atoms. The Bertz CT molecular complexity index is 748. The maximum absolute atomic E-state index is 12.7. The molecule has 2 fully saturated rings. The number of anilines is 1. The summed E-state index contributed by atoms with van der Waals surface area (Å²) in [6.45, 7) is 2.36. The van der Waals surface area contributed by atoms with Gasteiger partial charge in [-0.3, -0.25) is 0 Å². The zero-order valence-electron chi connectivity index (χ0n) is 13.7. The molecule has 146 valence electrons. The first kappa shape index (κ1) is 19.6. The highest BCUT2D eigenvalue weighted by molar-refractivity contribution is 7.86. The van der Waals surface area contributed by atoms with Crippen LogP contribution < -0.4 is 4.90 Å². The van der Waals surface area contributed by atoms with Crippen molar-refractivity contribution < 1.29 is 26.3 Å². The van der Waals surface area contributed by atoms with Crippen LogP contribution in [0, 0.1) is 0 Å². The minimum atomic E-state index is -4.51. The Kier molecular flexibility index (Phi) is 5.63. The molecule has 0 unspecified atom stereocenters. The Morgan fingerprint density at radius 1 is 1.04 bits per heavy atom. The van der Waals surface area contributed by atoms with E-state index in [1.807, 2.05) is 0 Å². The van der Waals surface area contributed by atoms with E-state index >= 15 is 0 Å². The molecule has 2 aliphatic rings. The second-order valence-corrected chi connectivity index (χ2v) is 8.27. The molecule has 3 rings (SSSR count). The lowest BCUT2D eigenvalue weighted by molar-refractivity contribution is -0.137. The first-order valence-corrected chi connectivity index (χ1v) is 9.78. The van der Waals surface area contributed by atoms with Crippen molar-refractivity contribution in [3.05, 3.63) is 22.8 Å². The first-order chi connectivity index (χ1) is 12.2. The summed E-state index contributed by atoms with van der Waals surface area (Å²) in [5, 5.41) is -0.107. The summed E-state index contributed by atoms with van der Waals surface area (Å²) in [4.78, 5) is 5.51. The lowest BCUT2D eigenvalue weighted by Crippen LogP contribution is -2.55. The third kappa shape index (κ3) is 4.06. The quantitative estimate of drug-likeness (QED) is 0.749. The highest BCUT2D eigenvalue weighted by Crippen LogP contribution is 2.33. The normalized spacial score (nSPS) is 21.2. The number of morpholine rings is 1. The van der Waals surface area contributed by atoms with E-state index in [2.05, 4.69) is 4.98 Å². The van der Waals surface area contributed by atoms with Crippen molar-refractivity contribution in [1.82, 2.24) is 13.6 Å². The van der Waals surface area contributed by atoms with Gasteiger partial charge in [-0.2, -0.15) is 30.2 Å². The maximum atomic E-state index is 12.7. The van der Waals surface area contributed by atoms with Crippen LogP contribution in [-0.2, 0) is 21.1 Å². The average Bonchev–Trinajstić information content (AvgIpc) is 2.62. The fraction of sp³-hybridized carbons (Fsp3) is 0.643. The molecule has 2 saturated heterocycles. The van der Waals surface area contributed by atoms with Crippen molar-refractivity contribution in [2.75, 3.05) is 57.4 Å². The molecule has 1 aromatic rings. The number of piperazine rings is 1. The standard InChI is InChI=1S/C14H18ClF3N4O3S/c15-12-9-11(14(16,17)18)10-19-13(12)20-1-3-21(4-2-20)26(23,24)22-5-7-25-8-6-22/h9-10H,1-8H2. The van der Waals surface area contributed by atoms with Crippen molar-refractivity contribution >= 4 is 27.6 Å². The number of hydrogen-bond acceptors (Lipinski definition) is 5. The van der Waals surface area contributed by atoms with Gasteiger partial charge in [-0.15, -0.1) is 0 Å². The molecule has 0 aromatic carbocycles. The van der Waals surface area contributed by atoms with Crippen LogP contribution in [0.5, 0.6) is 0 Å². The smallest absolute Gasteiger partial charge is 0.379 e. The van der Waals surface area contributed by atoms with Crippen LogP contribution in [0.3, 0.4) is 0 Å². The summed E-state index contributed by atoms with van der Waals surface area (Å²) in [7, 11) is -3.57. The molecule has 2 aliphatic heterocycles. The molecule has 0 atom stereocenters. The number of pyridine rings is 1.